The van der Waals surface area contributed by atoms with E-state index in [4.69, 9.17) is 0 Å². The molecule has 1 heterocycles. The quantitative estimate of drug-likeness (QED) is 0.511. The van der Waals surface area contributed by atoms with Gasteiger partial charge in [0.05, 0.1) is 5.60 Å². The molecule has 1 rings (SSSR count). The Kier molecular flexibility index (Phi) is 5.96. The highest BCUT2D eigenvalue weighted by Crippen LogP contribution is 2.30. The summed E-state index contributed by atoms with van der Waals surface area (Å²) >= 11 is 0. The predicted octanol–water partition coefficient (Wildman–Crippen LogP) is 1.47. The summed E-state index contributed by atoms with van der Waals surface area (Å²) in [6.07, 6.45) is 4.42. The Balaban J connectivity index is 2.77. The number of nitrogens with one attached hydrogen (secondary N) is 1. The van der Waals surface area contributed by atoms with Crippen LogP contribution in [0.25, 0.3) is 0 Å². The van der Waals surface area contributed by atoms with Gasteiger partial charge >= 0.3 is 0 Å². The second-order valence-corrected chi connectivity index (χ2v) is 6.60. The van der Waals surface area contributed by atoms with Crippen molar-refractivity contribution in [3.8, 4) is 0 Å². The van der Waals surface area contributed by atoms with Gasteiger partial charge < -0.3 is 20.6 Å². The van der Waals surface area contributed by atoms with Gasteiger partial charge in [0.25, 0.3) is 5.91 Å². The van der Waals surface area contributed by atoms with E-state index in [1.807, 2.05) is 0 Å². The standard InChI is InChI=1S/C16H29NO4/c1-5-6-7-8-9-15(4,20)13(18)12-10-16(21,11(2)3)17-14(12)19/h10-11,13,18,20-21H,5-9H2,1-4H3,(H,17,19)/t13-,15+,16?/m1/s1. The van der Waals surface area contributed by atoms with Crippen LogP contribution in [0.4, 0.5) is 0 Å². The molecule has 0 radical (unpaired) electrons. The summed E-state index contributed by atoms with van der Waals surface area (Å²) in [4.78, 5) is 11.9. The first-order valence-corrected chi connectivity index (χ1v) is 7.82. The second kappa shape index (κ2) is 6.90. The van der Waals surface area contributed by atoms with Crippen LogP contribution < -0.4 is 5.32 Å². The van der Waals surface area contributed by atoms with Crippen LogP contribution in [-0.4, -0.2) is 38.7 Å². The molecule has 0 aromatic rings. The highest BCUT2D eigenvalue weighted by molar-refractivity contribution is 5.98. The zero-order valence-corrected chi connectivity index (χ0v) is 13.5. The van der Waals surface area contributed by atoms with E-state index in [2.05, 4.69) is 12.2 Å². The summed E-state index contributed by atoms with van der Waals surface area (Å²) in [7, 11) is 0. The highest BCUT2D eigenvalue weighted by atomic mass is 16.3. The summed E-state index contributed by atoms with van der Waals surface area (Å²) in [5.74, 6) is -0.742. The number of carbonyl (C=O) groups excluding carboxylic acids is 1. The van der Waals surface area contributed by atoms with Crippen molar-refractivity contribution in [1.82, 2.24) is 5.32 Å². The van der Waals surface area contributed by atoms with Gasteiger partial charge in [-0.05, 0) is 19.4 Å². The molecule has 0 aromatic heterocycles. The molecule has 1 unspecified atom stereocenters. The van der Waals surface area contributed by atoms with Crippen molar-refractivity contribution in [2.45, 2.75) is 77.2 Å². The Hall–Kier alpha value is -0.910. The van der Waals surface area contributed by atoms with E-state index in [-0.39, 0.29) is 11.5 Å². The van der Waals surface area contributed by atoms with Gasteiger partial charge in [0.15, 0.2) is 5.72 Å². The normalized spacial score (nSPS) is 26.5. The van der Waals surface area contributed by atoms with Crippen LogP contribution in [0.15, 0.2) is 11.6 Å². The van der Waals surface area contributed by atoms with Crippen LogP contribution in [0.2, 0.25) is 0 Å². The van der Waals surface area contributed by atoms with Gasteiger partial charge in [-0.25, -0.2) is 0 Å². The Morgan fingerprint density at radius 3 is 2.43 bits per heavy atom. The van der Waals surface area contributed by atoms with Crippen molar-refractivity contribution in [1.29, 1.82) is 0 Å². The summed E-state index contributed by atoms with van der Waals surface area (Å²) in [6, 6.07) is 0. The summed E-state index contributed by atoms with van der Waals surface area (Å²) in [6.45, 7) is 7.18. The van der Waals surface area contributed by atoms with Crippen molar-refractivity contribution >= 4 is 5.91 Å². The molecule has 1 amide bonds. The Labute approximate surface area is 127 Å². The van der Waals surface area contributed by atoms with Gasteiger partial charge in [-0.1, -0.05) is 46.5 Å². The molecule has 0 saturated heterocycles. The van der Waals surface area contributed by atoms with Crippen molar-refractivity contribution in [2.75, 3.05) is 0 Å². The third kappa shape index (κ3) is 4.28. The molecule has 3 atom stereocenters. The maximum absolute atomic E-state index is 11.9. The fraction of sp³-hybridized carbons (Fsp3) is 0.812. The largest absolute Gasteiger partial charge is 0.387 e. The number of carbonyl (C=O) groups is 1. The Morgan fingerprint density at radius 1 is 1.33 bits per heavy atom. The van der Waals surface area contributed by atoms with E-state index in [0.29, 0.717) is 6.42 Å². The lowest BCUT2D eigenvalue weighted by molar-refractivity contribution is -0.124. The van der Waals surface area contributed by atoms with E-state index in [1.54, 1.807) is 13.8 Å². The lowest BCUT2D eigenvalue weighted by atomic mass is 9.87. The molecule has 0 saturated carbocycles. The van der Waals surface area contributed by atoms with E-state index in [0.717, 1.165) is 25.7 Å². The molecule has 0 bridgehead atoms. The Bertz CT molecular complexity index is 403. The van der Waals surface area contributed by atoms with Crippen molar-refractivity contribution in [3.63, 3.8) is 0 Å². The van der Waals surface area contributed by atoms with Crippen molar-refractivity contribution in [3.05, 3.63) is 11.6 Å². The average molecular weight is 299 g/mol. The predicted molar refractivity (Wildman–Crippen MR) is 81.4 cm³/mol. The van der Waals surface area contributed by atoms with Gasteiger partial charge in [0.2, 0.25) is 0 Å². The van der Waals surface area contributed by atoms with Gasteiger partial charge in [-0.2, -0.15) is 0 Å². The Morgan fingerprint density at radius 2 is 1.95 bits per heavy atom. The molecule has 0 aromatic carbocycles. The maximum atomic E-state index is 11.9. The van der Waals surface area contributed by atoms with Crippen LogP contribution in [0.1, 0.15) is 59.8 Å². The molecule has 1 aliphatic rings. The third-order valence-electron chi connectivity index (χ3n) is 4.25. The van der Waals surface area contributed by atoms with Crippen molar-refractivity contribution in [2.24, 2.45) is 5.92 Å². The molecule has 5 nitrogen and oxygen atoms in total. The highest BCUT2D eigenvalue weighted by Gasteiger charge is 2.44. The SMILES string of the molecule is CCCCCC[C@](C)(O)[C@H](O)C1=CC(O)(C(C)C)NC1=O. The van der Waals surface area contributed by atoms with Crippen molar-refractivity contribution < 1.29 is 20.1 Å². The fourth-order valence-electron chi connectivity index (χ4n) is 2.49. The summed E-state index contributed by atoms with van der Waals surface area (Å²) in [5.41, 5.74) is -2.78. The smallest absolute Gasteiger partial charge is 0.252 e. The second-order valence-electron chi connectivity index (χ2n) is 6.60. The van der Waals surface area contributed by atoms with Crippen LogP contribution in [-0.2, 0) is 4.79 Å². The van der Waals surface area contributed by atoms with E-state index >= 15 is 0 Å². The minimum Gasteiger partial charge on any atom is -0.387 e. The van der Waals surface area contributed by atoms with Gasteiger partial charge in [-0.3, -0.25) is 4.79 Å². The number of unbranched alkanes of at least 4 members (excludes halogenated alkanes) is 3. The first-order chi connectivity index (χ1) is 9.64. The molecule has 21 heavy (non-hydrogen) atoms. The van der Waals surface area contributed by atoms with E-state index in [9.17, 15) is 20.1 Å². The first-order valence-electron chi connectivity index (χ1n) is 7.82. The van der Waals surface area contributed by atoms with E-state index in [1.165, 1.54) is 13.0 Å². The number of amides is 1. The van der Waals surface area contributed by atoms with Crippen LogP contribution >= 0.6 is 0 Å². The van der Waals surface area contributed by atoms with Gasteiger partial charge in [-0.15, -0.1) is 0 Å². The minimum absolute atomic E-state index is 0.0479. The topological polar surface area (TPSA) is 89.8 Å². The van der Waals surface area contributed by atoms with E-state index < -0.39 is 23.3 Å². The molecular formula is C16H29NO4. The molecule has 1 aliphatic heterocycles. The lowest BCUT2D eigenvalue weighted by Crippen LogP contribution is -2.47. The van der Waals surface area contributed by atoms with Crippen LogP contribution in [0.3, 0.4) is 0 Å². The van der Waals surface area contributed by atoms with Gasteiger partial charge in [0, 0.05) is 11.5 Å². The number of hydrogen-bond donors (Lipinski definition) is 4. The van der Waals surface area contributed by atoms with Crippen LogP contribution in [0.5, 0.6) is 0 Å². The fourth-order valence-corrected chi connectivity index (χ4v) is 2.49. The average Bonchev–Trinajstić information content (AvgIpc) is 2.70. The first kappa shape index (κ1) is 18.1. The molecule has 4 N–H and O–H groups in total. The third-order valence-corrected chi connectivity index (χ3v) is 4.25. The zero-order chi connectivity index (χ0) is 16.3. The number of rotatable bonds is 8. The zero-order valence-electron chi connectivity index (χ0n) is 13.5. The molecule has 0 fully saturated rings. The summed E-state index contributed by atoms with van der Waals surface area (Å²) in [5, 5.41) is 33.5. The molecule has 5 heteroatoms. The molecular weight excluding hydrogens is 270 g/mol. The summed E-state index contributed by atoms with van der Waals surface area (Å²) < 4.78 is 0. The monoisotopic (exact) mass is 299 g/mol. The lowest BCUT2D eigenvalue weighted by Gasteiger charge is -2.29. The number of aliphatic hydroxyl groups is 3. The number of hydrogen-bond acceptors (Lipinski definition) is 4. The minimum atomic E-state index is -1.45. The van der Waals surface area contributed by atoms with Gasteiger partial charge in [0.1, 0.15) is 6.10 Å². The number of aliphatic hydroxyl groups excluding tert-OH is 1. The molecule has 0 spiro atoms. The van der Waals surface area contributed by atoms with Crippen LogP contribution in [0, 0.1) is 5.92 Å². The maximum Gasteiger partial charge on any atom is 0.252 e. The molecule has 0 aliphatic carbocycles. The molecule has 122 valence electrons.